The van der Waals surface area contributed by atoms with Gasteiger partial charge >= 0.3 is 0 Å². The van der Waals surface area contributed by atoms with Crippen LogP contribution in [0.3, 0.4) is 0 Å². The van der Waals surface area contributed by atoms with Crippen LogP contribution in [0, 0.1) is 5.92 Å². The number of nitrogens with one attached hydrogen (secondary N) is 1. The van der Waals surface area contributed by atoms with Crippen LogP contribution in [0.25, 0.3) is 10.8 Å². The first-order chi connectivity index (χ1) is 16.9. The smallest absolute Gasteiger partial charge is 0.229 e. The van der Waals surface area contributed by atoms with Crippen LogP contribution in [-0.2, 0) is 9.53 Å². The van der Waals surface area contributed by atoms with Crippen molar-refractivity contribution in [2.45, 2.75) is 49.7 Å². The number of fused-ring (bicyclic) bond motifs is 1. The second kappa shape index (κ2) is 8.89. The number of anilines is 1. The van der Waals surface area contributed by atoms with E-state index in [-0.39, 0.29) is 23.3 Å². The van der Waals surface area contributed by atoms with Gasteiger partial charge in [0.05, 0.1) is 31.1 Å². The van der Waals surface area contributed by atoms with E-state index >= 15 is 0 Å². The van der Waals surface area contributed by atoms with Gasteiger partial charge in [0.25, 0.3) is 0 Å². The number of carbonyl (C=O) groups excluding carboxylic acids is 1. The molecule has 2 N–H and O–H groups in total. The van der Waals surface area contributed by atoms with Gasteiger partial charge < -0.3 is 19.6 Å². The zero-order chi connectivity index (χ0) is 24.2. The van der Waals surface area contributed by atoms with Gasteiger partial charge in [0.15, 0.2) is 0 Å². The van der Waals surface area contributed by atoms with E-state index in [1.165, 1.54) is 0 Å². The van der Waals surface area contributed by atoms with E-state index in [1.807, 2.05) is 24.3 Å². The number of ether oxygens (including phenoxy) is 1. The highest BCUT2D eigenvalue weighted by molar-refractivity contribution is 6.32. The molecule has 3 aliphatic rings. The summed E-state index contributed by atoms with van der Waals surface area (Å²) in [5.41, 5.74) is 0.824. The van der Waals surface area contributed by atoms with Crippen molar-refractivity contribution in [1.29, 1.82) is 0 Å². The van der Waals surface area contributed by atoms with Gasteiger partial charge in [-0.3, -0.25) is 9.69 Å². The minimum atomic E-state index is -0.450. The molecule has 1 amide bonds. The lowest BCUT2D eigenvalue weighted by atomic mass is 9.85. The number of benzene rings is 1. The first kappa shape index (κ1) is 23.0. The molecule has 2 aromatic heterocycles. The van der Waals surface area contributed by atoms with Gasteiger partial charge in [0.1, 0.15) is 11.6 Å². The van der Waals surface area contributed by atoms with Crippen LogP contribution in [0.2, 0.25) is 5.02 Å². The van der Waals surface area contributed by atoms with Crippen molar-refractivity contribution in [2.24, 2.45) is 5.92 Å². The average Bonchev–Trinajstić information content (AvgIpc) is 3.32. The Hall–Kier alpha value is -2.45. The van der Waals surface area contributed by atoms with E-state index in [4.69, 9.17) is 20.8 Å². The molecular weight excluding hydrogens is 466 g/mol. The molecule has 2 aliphatic heterocycles. The number of hydrogen-bond donors (Lipinski definition) is 2. The number of carbonyl (C=O) groups is 1. The molecule has 4 atom stereocenters. The molecule has 2 unspecified atom stereocenters. The Morgan fingerprint density at radius 2 is 2.09 bits per heavy atom. The maximum Gasteiger partial charge on any atom is 0.229 e. The number of aliphatic hydroxyl groups excluding tert-OH is 1. The van der Waals surface area contributed by atoms with E-state index in [2.05, 4.69) is 28.2 Å². The normalized spacial score (nSPS) is 29.5. The Morgan fingerprint density at radius 3 is 2.80 bits per heavy atom. The van der Waals surface area contributed by atoms with Gasteiger partial charge in [-0.05, 0) is 86.5 Å². The standard InChI is InChI=1S/C27H30ClN3O4/c1-27(15-34-14-24(27)32)31-6-4-16(5-7-31)19-9-17-11-25(29-13-18(17)10-22(19)28)30-26(33)21-12-20(21)23-3-2-8-35-23/h2-3,8-11,13,16,20-21,24,32H,4-7,12,14-15H2,1H3,(H,29,30,33)/t20?,21?,24-,27+/m1/s1. The molecule has 2 saturated heterocycles. The molecule has 3 aromatic rings. The van der Waals surface area contributed by atoms with E-state index < -0.39 is 6.10 Å². The molecule has 0 spiro atoms. The number of rotatable bonds is 5. The Morgan fingerprint density at radius 1 is 1.26 bits per heavy atom. The second-order valence-corrected chi connectivity index (χ2v) is 10.8. The highest BCUT2D eigenvalue weighted by Gasteiger charge is 2.46. The van der Waals surface area contributed by atoms with Crippen molar-refractivity contribution in [3.8, 4) is 0 Å². The second-order valence-electron chi connectivity index (χ2n) is 10.4. The van der Waals surface area contributed by atoms with E-state index in [0.717, 1.165) is 59.5 Å². The van der Waals surface area contributed by atoms with Gasteiger partial charge in [-0.15, -0.1) is 0 Å². The molecule has 7 nitrogen and oxygen atoms in total. The summed E-state index contributed by atoms with van der Waals surface area (Å²) in [4.78, 5) is 19.5. The average molecular weight is 496 g/mol. The number of nitrogens with zero attached hydrogens (tertiary/aromatic N) is 2. The van der Waals surface area contributed by atoms with Gasteiger partial charge in [0, 0.05) is 28.4 Å². The fraction of sp³-hybridized carbons (Fsp3) is 0.481. The van der Waals surface area contributed by atoms with Crippen LogP contribution in [0.5, 0.6) is 0 Å². The van der Waals surface area contributed by atoms with Crippen molar-refractivity contribution in [3.05, 3.63) is 59.1 Å². The third-order valence-corrected chi connectivity index (χ3v) is 8.50. The Labute approximate surface area is 209 Å². The van der Waals surface area contributed by atoms with Gasteiger partial charge in [-0.1, -0.05) is 11.6 Å². The lowest BCUT2D eigenvalue weighted by Crippen LogP contribution is -2.56. The lowest BCUT2D eigenvalue weighted by molar-refractivity contribution is -0.117. The molecule has 6 rings (SSSR count). The molecule has 3 fully saturated rings. The molecule has 1 aromatic carbocycles. The summed E-state index contributed by atoms with van der Waals surface area (Å²) in [5.74, 6) is 1.82. The van der Waals surface area contributed by atoms with Crippen molar-refractivity contribution in [3.63, 3.8) is 0 Å². The summed E-state index contributed by atoms with van der Waals surface area (Å²) in [5, 5.41) is 16.1. The number of likely N-dealkylation sites (tertiary alicyclic amines) is 1. The van der Waals surface area contributed by atoms with Gasteiger partial charge in [-0.25, -0.2) is 4.98 Å². The Kier molecular flexibility index (Phi) is 5.84. The number of aliphatic hydroxyl groups is 1. The number of furan rings is 1. The van der Waals surface area contributed by atoms with E-state index in [9.17, 15) is 9.90 Å². The third kappa shape index (κ3) is 4.25. The molecule has 35 heavy (non-hydrogen) atoms. The summed E-state index contributed by atoms with van der Waals surface area (Å²) in [6.07, 6.45) is 5.70. The van der Waals surface area contributed by atoms with Gasteiger partial charge in [0.2, 0.25) is 5.91 Å². The molecule has 0 radical (unpaired) electrons. The first-order valence-electron chi connectivity index (χ1n) is 12.4. The molecule has 4 heterocycles. The zero-order valence-electron chi connectivity index (χ0n) is 19.7. The van der Waals surface area contributed by atoms with Crippen LogP contribution < -0.4 is 5.32 Å². The number of pyridine rings is 1. The summed E-state index contributed by atoms with van der Waals surface area (Å²) in [6.45, 7) is 4.86. The first-order valence-corrected chi connectivity index (χ1v) is 12.7. The third-order valence-electron chi connectivity index (χ3n) is 8.17. The van der Waals surface area contributed by atoms with Crippen LogP contribution in [0.1, 0.15) is 49.3 Å². The minimum absolute atomic E-state index is 0.0219. The fourth-order valence-corrected chi connectivity index (χ4v) is 6.07. The van der Waals surface area contributed by atoms with Crippen molar-refractivity contribution in [2.75, 3.05) is 31.6 Å². The van der Waals surface area contributed by atoms with Crippen molar-refractivity contribution >= 4 is 34.1 Å². The van der Waals surface area contributed by atoms with Crippen molar-refractivity contribution < 1.29 is 19.1 Å². The van der Waals surface area contributed by atoms with Crippen LogP contribution in [0.4, 0.5) is 5.82 Å². The molecular formula is C27H30ClN3O4. The maximum atomic E-state index is 12.7. The van der Waals surface area contributed by atoms with Gasteiger partial charge in [-0.2, -0.15) is 0 Å². The van der Waals surface area contributed by atoms with E-state index in [0.29, 0.717) is 24.9 Å². The number of amides is 1. The molecule has 0 bridgehead atoms. The van der Waals surface area contributed by atoms with Crippen LogP contribution in [-0.4, -0.2) is 58.8 Å². The Bertz CT molecular complexity index is 1240. The predicted molar refractivity (Wildman–Crippen MR) is 134 cm³/mol. The summed E-state index contributed by atoms with van der Waals surface area (Å²) >= 11 is 6.71. The topological polar surface area (TPSA) is 87.8 Å². The SMILES string of the molecule is C[C@]1(N2CCC(c3cc4cc(NC(=O)C5CC5c5ccco5)ncc4cc3Cl)CC2)COC[C@H]1O. The predicted octanol–water partition coefficient (Wildman–Crippen LogP) is 4.55. The van der Waals surface area contributed by atoms with Crippen LogP contribution in [0.15, 0.2) is 47.2 Å². The summed E-state index contributed by atoms with van der Waals surface area (Å²) in [6, 6.07) is 9.83. The molecule has 8 heteroatoms. The monoisotopic (exact) mass is 495 g/mol. The number of hydrogen-bond acceptors (Lipinski definition) is 6. The fourth-order valence-electron chi connectivity index (χ4n) is 5.74. The highest BCUT2D eigenvalue weighted by atomic mass is 35.5. The van der Waals surface area contributed by atoms with E-state index in [1.54, 1.807) is 12.5 Å². The molecule has 1 aliphatic carbocycles. The minimum Gasteiger partial charge on any atom is -0.469 e. The summed E-state index contributed by atoms with van der Waals surface area (Å²) in [7, 11) is 0. The summed E-state index contributed by atoms with van der Waals surface area (Å²) < 4.78 is 11.0. The highest BCUT2D eigenvalue weighted by Crippen LogP contribution is 2.48. The molecule has 1 saturated carbocycles. The zero-order valence-corrected chi connectivity index (χ0v) is 20.5. The van der Waals surface area contributed by atoms with Crippen LogP contribution >= 0.6 is 11.6 Å². The quantitative estimate of drug-likeness (QED) is 0.540. The number of aromatic nitrogens is 1. The van der Waals surface area contributed by atoms with Crippen molar-refractivity contribution in [1.82, 2.24) is 9.88 Å². The maximum absolute atomic E-state index is 12.7. The Balaban J connectivity index is 1.15. The molecule has 184 valence electrons. The largest absolute Gasteiger partial charge is 0.469 e. The number of halogens is 1. The number of piperidine rings is 1. The lowest BCUT2D eigenvalue weighted by Gasteiger charge is -2.43.